The molecule has 1 aliphatic heterocycles. The molecule has 3 unspecified atom stereocenters. The molecule has 1 saturated carbocycles. The summed E-state index contributed by atoms with van der Waals surface area (Å²) in [6.07, 6.45) is -2.27. The van der Waals surface area contributed by atoms with E-state index in [-0.39, 0.29) is 30.8 Å². The summed E-state index contributed by atoms with van der Waals surface area (Å²) in [7, 11) is 0. The van der Waals surface area contributed by atoms with E-state index in [4.69, 9.17) is 0 Å². The lowest BCUT2D eigenvalue weighted by atomic mass is 9.85. The van der Waals surface area contributed by atoms with Crippen LogP contribution in [0.1, 0.15) is 36.8 Å². The van der Waals surface area contributed by atoms with Gasteiger partial charge in [-0.05, 0) is 36.8 Å². The van der Waals surface area contributed by atoms with Gasteiger partial charge in [0.25, 0.3) is 0 Å². The maximum atomic E-state index is 12.8. The van der Waals surface area contributed by atoms with E-state index < -0.39 is 12.1 Å². The van der Waals surface area contributed by atoms with E-state index in [2.05, 4.69) is 10.6 Å². The molecule has 0 saturated heterocycles. The molecule has 2 aliphatic rings. The molecule has 1 aliphatic carbocycles. The molecule has 126 valence electrons. The van der Waals surface area contributed by atoms with Gasteiger partial charge in [-0.2, -0.15) is 13.2 Å². The van der Waals surface area contributed by atoms with Crippen molar-refractivity contribution in [1.82, 2.24) is 10.6 Å². The van der Waals surface area contributed by atoms with Gasteiger partial charge in [0, 0.05) is 12.6 Å². The van der Waals surface area contributed by atoms with Crippen LogP contribution in [0.4, 0.5) is 13.2 Å². The molecule has 6 heteroatoms. The molecule has 1 fully saturated rings. The van der Waals surface area contributed by atoms with Crippen LogP contribution in [0.5, 0.6) is 0 Å². The zero-order chi connectivity index (χ0) is 16.4. The Labute approximate surface area is 133 Å². The van der Waals surface area contributed by atoms with E-state index in [9.17, 15) is 18.0 Å². The van der Waals surface area contributed by atoms with E-state index >= 15 is 0 Å². The highest BCUT2D eigenvalue weighted by molar-refractivity contribution is 5.82. The van der Waals surface area contributed by atoms with Crippen LogP contribution in [0.25, 0.3) is 0 Å². The molecular formula is C17H21F3N2O. The Kier molecular flexibility index (Phi) is 4.62. The first-order valence-electron chi connectivity index (χ1n) is 8.11. The Balaban J connectivity index is 1.57. The molecule has 0 spiro atoms. The maximum Gasteiger partial charge on any atom is 0.391 e. The molecule has 1 heterocycles. The number of hydrogen-bond acceptors (Lipinski definition) is 2. The first kappa shape index (κ1) is 16.3. The first-order valence-corrected chi connectivity index (χ1v) is 8.11. The summed E-state index contributed by atoms with van der Waals surface area (Å²) >= 11 is 0. The number of alkyl halides is 3. The lowest BCUT2D eigenvalue weighted by Crippen LogP contribution is -2.51. The number of nitrogens with one attached hydrogen (secondary N) is 2. The minimum atomic E-state index is -4.16. The summed E-state index contributed by atoms with van der Waals surface area (Å²) in [5, 5.41) is 5.99. The summed E-state index contributed by atoms with van der Waals surface area (Å²) in [6.45, 7) is 0.615. The second kappa shape index (κ2) is 6.51. The Morgan fingerprint density at radius 2 is 1.91 bits per heavy atom. The molecule has 0 radical (unpaired) electrons. The van der Waals surface area contributed by atoms with Crippen molar-refractivity contribution in [2.24, 2.45) is 5.92 Å². The van der Waals surface area contributed by atoms with Gasteiger partial charge in [0.15, 0.2) is 0 Å². The lowest BCUT2D eigenvalue weighted by molar-refractivity contribution is -0.184. The van der Waals surface area contributed by atoms with E-state index in [1.54, 1.807) is 0 Å². The first-order chi connectivity index (χ1) is 10.9. The fraction of sp³-hybridized carbons (Fsp3) is 0.588. The maximum absolute atomic E-state index is 12.8. The quantitative estimate of drug-likeness (QED) is 0.877. The van der Waals surface area contributed by atoms with Gasteiger partial charge >= 0.3 is 6.18 Å². The zero-order valence-electron chi connectivity index (χ0n) is 12.8. The molecule has 1 amide bonds. The summed E-state index contributed by atoms with van der Waals surface area (Å²) in [5.74, 6) is -1.48. The molecule has 0 bridgehead atoms. The molecule has 3 rings (SSSR count). The predicted molar refractivity (Wildman–Crippen MR) is 80.7 cm³/mol. The Hall–Kier alpha value is -1.56. The largest absolute Gasteiger partial charge is 0.391 e. The molecular weight excluding hydrogens is 305 g/mol. The summed E-state index contributed by atoms with van der Waals surface area (Å²) in [6, 6.07) is 7.18. The highest BCUT2D eigenvalue weighted by atomic mass is 19.4. The third kappa shape index (κ3) is 3.86. The monoisotopic (exact) mass is 326 g/mol. The van der Waals surface area contributed by atoms with Crippen LogP contribution in [0.15, 0.2) is 24.3 Å². The van der Waals surface area contributed by atoms with Gasteiger partial charge < -0.3 is 10.6 Å². The van der Waals surface area contributed by atoms with Crippen LogP contribution >= 0.6 is 0 Å². The van der Waals surface area contributed by atoms with Crippen molar-refractivity contribution < 1.29 is 18.0 Å². The van der Waals surface area contributed by atoms with Gasteiger partial charge in [-0.25, -0.2) is 0 Å². The smallest absolute Gasteiger partial charge is 0.352 e. The third-order valence-corrected chi connectivity index (χ3v) is 4.88. The predicted octanol–water partition coefficient (Wildman–Crippen LogP) is 2.94. The van der Waals surface area contributed by atoms with Gasteiger partial charge in [-0.3, -0.25) is 4.79 Å². The normalized spacial score (nSPS) is 28.0. The number of carbonyl (C=O) groups is 1. The average molecular weight is 326 g/mol. The Morgan fingerprint density at radius 1 is 1.17 bits per heavy atom. The summed E-state index contributed by atoms with van der Waals surface area (Å²) in [5.41, 5.74) is 2.30. The number of halogens is 3. The molecule has 0 aromatic heterocycles. The van der Waals surface area contributed by atoms with E-state index in [1.807, 2.05) is 24.3 Å². The van der Waals surface area contributed by atoms with Crippen molar-refractivity contribution in [3.8, 4) is 0 Å². The minimum Gasteiger partial charge on any atom is -0.352 e. The Morgan fingerprint density at radius 3 is 2.65 bits per heavy atom. The number of carbonyl (C=O) groups excluding carboxylic acids is 1. The highest BCUT2D eigenvalue weighted by Gasteiger charge is 2.42. The minimum absolute atomic E-state index is 0.00144. The van der Waals surface area contributed by atoms with Crippen LogP contribution in [0.2, 0.25) is 0 Å². The number of hydrogen-bond donors (Lipinski definition) is 2. The SMILES string of the molecule is O=C(NC1CCCC(C(F)(F)F)C1)C1Cc2ccccc2CN1. The van der Waals surface area contributed by atoms with Crippen molar-refractivity contribution in [1.29, 1.82) is 0 Å². The molecule has 1 aromatic carbocycles. The van der Waals surface area contributed by atoms with Gasteiger partial charge in [-0.1, -0.05) is 30.7 Å². The van der Waals surface area contributed by atoms with Crippen molar-refractivity contribution in [2.45, 2.75) is 56.9 Å². The van der Waals surface area contributed by atoms with Gasteiger partial charge in [-0.15, -0.1) is 0 Å². The van der Waals surface area contributed by atoms with Crippen molar-refractivity contribution in [3.05, 3.63) is 35.4 Å². The topological polar surface area (TPSA) is 41.1 Å². The number of fused-ring (bicyclic) bond motifs is 1. The average Bonchev–Trinajstić information content (AvgIpc) is 2.54. The second-order valence-electron chi connectivity index (χ2n) is 6.52. The molecule has 23 heavy (non-hydrogen) atoms. The van der Waals surface area contributed by atoms with Crippen LogP contribution < -0.4 is 10.6 Å². The highest BCUT2D eigenvalue weighted by Crippen LogP contribution is 2.37. The second-order valence-corrected chi connectivity index (χ2v) is 6.52. The zero-order valence-corrected chi connectivity index (χ0v) is 12.8. The van der Waals surface area contributed by atoms with Crippen LogP contribution in [0, 0.1) is 5.92 Å². The molecule has 3 atom stereocenters. The van der Waals surface area contributed by atoms with E-state index in [1.165, 1.54) is 5.56 Å². The van der Waals surface area contributed by atoms with E-state index in [0.717, 1.165) is 5.56 Å². The molecule has 3 nitrogen and oxygen atoms in total. The van der Waals surface area contributed by atoms with E-state index in [0.29, 0.717) is 25.8 Å². The Bertz CT molecular complexity index is 573. The van der Waals surface area contributed by atoms with Gasteiger partial charge in [0.1, 0.15) is 0 Å². The number of amides is 1. The summed E-state index contributed by atoms with van der Waals surface area (Å²) in [4.78, 5) is 12.4. The van der Waals surface area contributed by atoms with Crippen LogP contribution in [-0.4, -0.2) is 24.2 Å². The fourth-order valence-electron chi connectivity index (χ4n) is 3.56. The van der Waals surface area contributed by atoms with Crippen molar-refractivity contribution in [2.75, 3.05) is 0 Å². The standard InChI is InChI=1S/C17H21F3N2O/c18-17(19,20)13-6-3-7-14(9-13)22-16(23)15-8-11-4-1-2-5-12(11)10-21-15/h1-2,4-5,13-15,21H,3,6-10H2,(H,22,23). The van der Waals surface area contributed by atoms with Gasteiger partial charge in [0.2, 0.25) is 5.91 Å². The van der Waals surface area contributed by atoms with Crippen molar-refractivity contribution in [3.63, 3.8) is 0 Å². The summed E-state index contributed by atoms with van der Waals surface area (Å²) < 4.78 is 38.5. The van der Waals surface area contributed by atoms with Crippen molar-refractivity contribution >= 4 is 5.91 Å². The number of rotatable bonds is 2. The third-order valence-electron chi connectivity index (χ3n) is 4.88. The molecule has 2 N–H and O–H groups in total. The van der Waals surface area contributed by atoms with Crippen LogP contribution in [-0.2, 0) is 17.8 Å². The van der Waals surface area contributed by atoms with Crippen LogP contribution in [0.3, 0.4) is 0 Å². The number of benzene rings is 1. The molecule has 1 aromatic rings. The lowest BCUT2D eigenvalue weighted by Gasteiger charge is -2.33. The van der Waals surface area contributed by atoms with Gasteiger partial charge in [0.05, 0.1) is 12.0 Å². The fourth-order valence-corrected chi connectivity index (χ4v) is 3.56.